The molecule has 1 fully saturated rings. The van der Waals surface area contributed by atoms with E-state index in [0.29, 0.717) is 4.90 Å². The van der Waals surface area contributed by atoms with Gasteiger partial charge in [-0.25, -0.2) is 8.42 Å². The quantitative estimate of drug-likeness (QED) is 0.881. The summed E-state index contributed by atoms with van der Waals surface area (Å²) in [6.45, 7) is 0.975. The molecule has 0 amide bonds. The second kappa shape index (κ2) is 6.85. The van der Waals surface area contributed by atoms with Gasteiger partial charge in [-0.3, -0.25) is 0 Å². The van der Waals surface area contributed by atoms with Gasteiger partial charge in [0.1, 0.15) is 0 Å². The molecule has 0 spiro atoms. The lowest BCUT2D eigenvalue weighted by atomic mass is 9.85. The topological polar surface area (TPSA) is 46.2 Å². The van der Waals surface area contributed by atoms with Gasteiger partial charge in [0, 0.05) is 6.26 Å². The van der Waals surface area contributed by atoms with Crippen LogP contribution in [0, 0.1) is 5.92 Å². The Morgan fingerprint density at radius 3 is 2.35 bits per heavy atom. The predicted octanol–water partition coefficient (Wildman–Crippen LogP) is 3.57. The standard InChI is InChI=1S/C19H23NO2S/c1-23(21,22)18-12-6-11-17(13-18)19(16-9-3-2-4-10-16)20-14-15-7-5-8-15/h2-4,6,9-13,15,19-20H,5,7-8,14H2,1H3/t19-/m0/s1. The number of nitrogens with one attached hydrogen (secondary N) is 1. The molecule has 23 heavy (non-hydrogen) atoms. The number of sulfone groups is 1. The largest absolute Gasteiger partial charge is 0.306 e. The maximum Gasteiger partial charge on any atom is 0.175 e. The minimum atomic E-state index is -3.19. The molecule has 1 atom stereocenters. The number of hydrogen-bond donors (Lipinski definition) is 1. The SMILES string of the molecule is CS(=O)(=O)c1cccc([C@@H](NCC2CCC2)c2ccccc2)c1. The summed E-state index contributed by atoms with van der Waals surface area (Å²) in [5.74, 6) is 0.749. The molecule has 0 aromatic heterocycles. The summed E-state index contributed by atoms with van der Waals surface area (Å²) in [4.78, 5) is 0.376. The highest BCUT2D eigenvalue weighted by molar-refractivity contribution is 7.90. The van der Waals surface area contributed by atoms with Crippen LogP contribution < -0.4 is 5.32 Å². The summed E-state index contributed by atoms with van der Waals surface area (Å²) in [5.41, 5.74) is 2.16. The van der Waals surface area contributed by atoms with Gasteiger partial charge in [0.2, 0.25) is 0 Å². The highest BCUT2D eigenvalue weighted by Gasteiger charge is 2.21. The minimum Gasteiger partial charge on any atom is -0.306 e. The fourth-order valence-corrected chi connectivity index (χ4v) is 3.66. The molecule has 4 heteroatoms. The average Bonchev–Trinajstić information content (AvgIpc) is 2.50. The second-order valence-electron chi connectivity index (χ2n) is 6.39. The number of benzene rings is 2. The Labute approximate surface area is 138 Å². The van der Waals surface area contributed by atoms with Crippen molar-refractivity contribution >= 4 is 9.84 Å². The Balaban J connectivity index is 1.90. The molecule has 1 N–H and O–H groups in total. The molecule has 0 bridgehead atoms. The van der Waals surface area contributed by atoms with E-state index in [1.54, 1.807) is 12.1 Å². The van der Waals surface area contributed by atoms with Gasteiger partial charge in [0.05, 0.1) is 10.9 Å². The van der Waals surface area contributed by atoms with E-state index in [0.717, 1.165) is 23.6 Å². The van der Waals surface area contributed by atoms with Crippen molar-refractivity contribution in [3.8, 4) is 0 Å². The number of rotatable bonds is 6. The van der Waals surface area contributed by atoms with Gasteiger partial charge in [0.15, 0.2) is 9.84 Å². The van der Waals surface area contributed by atoms with Crippen molar-refractivity contribution in [3.05, 3.63) is 65.7 Å². The van der Waals surface area contributed by atoms with Gasteiger partial charge in [-0.05, 0) is 48.6 Å². The lowest BCUT2D eigenvalue weighted by Crippen LogP contribution is -2.31. The summed E-state index contributed by atoms with van der Waals surface area (Å²) in [6.07, 6.45) is 5.16. The van der Waals surface area contributed by atoms with Crippen molar-refractivity contribution in [2.45, 2.75) is 30.2 Å². The molecule has 2 aromatic carbocycles. The normalized spacial score (nSPS) is 16.7. The first-order valence-corrected chi connectivity index (χ1v) is 10.0. The van der Waals surface area contributed by atoms with Crippen LogP contribution in [0.1, 0.15) is 36.4 Å². The average molecular weight is 329 g/mol. The molecule has 1 saturated carbocycles. The second-order valence-corrected chi connectivity index (χ2v) is 8.41. The summed E-state index contributed by atoms with van der Waals surface area (Å²) < 4.78 is 23.7. The van der Waals surface area contributed by atoms with Gasteiger partial charge in [0.25, 0.3) is 0 Å². The maximum atomic E-state index is 11.8. The zero-order valence-corrected chi connectivity index (χ0v) is 14.2. The molecule has 0 radical (unpaired) electrons. The minimum absolute atomic E-state index is 0.0264. The van der Waals surface area contributed by atoms with E-state index < -0.39 is 9.84 Å². The van der Waals surface area contributed by atoms with Crippen LogP contribution in [-0.4, -0.2) is 21.2 Å². The highest BCUT2D eigenvalue weighted by atomic mass is 32.2. The van der Waals surface area contributed by atoms with E-state index >= 15 is 0 Å². The number of hydrogen-bond acceptors (Lipinski definition) is 3. The van der Waals surface area contributed by atoms with Crippen LogP contribution in [-0.2, 0) is 9.84 Å². The lowest BCUT2D eigenvalue weighted by molar-refractivity contribution is 0.295. The molecule has 0 heterocycles. The van der Waals surface area contributed by atoms with E-state index in [9.17, 15) is 8.42 Å². The van der Waals surface area contributed by atoms with Crippen molar-refractivity contribution in [3.63, 3.8) is 0 Å². The first kappa shape index (κ1) is 16.2. The van der Waals surface area contributed by atoms with E-state index in [1.807, 2.05) is 30.3 Å². The lowest BCUT2D eigenvalue weighted by Gasteiger charge is -2.29. The van der Waals surface area contributed by atoms with Crippen molar-refractivity contribution in [1.29, 1.82) is 0 Å². The van der Waals surface area contributed by atoms with Gasteiger partial charge < -0.3 is 5.32 Å². The Morgan fingerprint density at radius 2 is 1.74 bits per heavy atom. The van der Waals surface area contributed by atoms with Gasteiger partial charge in [-0.15, -0.1) is 0 Å². The van der Waals surface area contributed by atoms with E-state index in [1.165, 1.54) is 25.5 Å². The molecular formula is C19H23NO2S. The molecule has 1 aliphatic rings. The highest BCUT2D eigenvalue weighted by Crippen LogP contribution is 2.28. The summed E-state index contributed by atoms with van der Waals surface area (Å²) in [6, 6.07) is 17.5. The van der Waals surface area contributed by atoms with E-state index in [-0.39, 0.29) is 6.04 Å². The monoisotopic (exact) mass is 329 g/mol. The zero-order valence-electron chi connectivity index (χ0n) is 13.4. The van der Waals surface area contributed by atoms with Crippen LogP contribution in [0.4, 0.5) is 0 Å². The van der Waals surface area contributed by atoms with Gasteiger partial charge in [-0.1, -0.05) is 48.9 Å². The van der Waals surface area contributed by atoms with Crippen molar-refractivity contribution in [2.75, 3.05) is 12.8 Å². The molecule has 2 aromatic rings. The third-order valence-corrected chi connectivity index (χ3v) is 5.70. The van der Waals surface area contributed by atoms with Crippen LogP contribution >= 0.6 is 0 Å². The van der Waals surface area contributed by atoms with Crippen molar-refractivity contribution < 1.29 is 8.42 Å². The molecule has 3 rings (SSSR count). The third-order valence-electron chi connectivity index (χ3n) is 4.59. The van der Waals surface area contributed by atoms with Crippen molar-refractivity contribution in [2.24, 2.45) is 5.92 Å². The molecule has 1 aliphatic carbocycles. The van der Waals surface area contributed by atoms with Crippen molar-refractivity contribution in [1.82, 2.24) is 5.32 Å². The van der Waals surface area contributed by atoms with Gasteiger partial charge in [-0.2, -0.15) is 0 Å². The zero-order chi connectivity index (χ0) is 16.3. The fourth-order valence-electron chi connectivity index (χ4n) is 2.98. The van der Waals surface area contributed by atoms with Crippen LogP contribution in [0.5, 0.6) is 0 Å². The first-order valence-electron chi connectivity index (χ1n) is 8.12. The Morgan fingerprint density at radius 1 is 1.04 bits per heavy atom. The fraction of sp³-hybridized carbons (Fsp3) is 0.368. The smallest absolute Gasteiger partial charge is 0.175 e. The van der Waals surface area contributed by atoms with Gasteiger partial charge >= 0.3 is 0 Å². The molecular weight excluding hydrogens is 306 g/mol. The van der Waals surface area contributed by atoms with Crippen LogP contribution in [0.25, 0.3) is 0 Å². The first-order chi connectivity index (χ1) is 11.0. The summed E-state index contributed by atoms with van der Waals surface area (Å²) in [7, 11) is -3.19. The Bertz CT molecular complexity index is 752. The third kappa shape index (κ3) is 4.01. The van der Waals surface area contributed by atoms with Crippen LogP contribution in [0.15, 0.2) is 59.5 Å². The maximum absolute atomic E-state index is 11.8. The van der Waals surface area contributed by atoms with E-state index in [4.69, 9.17) is 0 Å². The van der Waals surface area contributed by atoms with E-state index in [2.05, 4.69) is 17.4 Å². The molecule has 0 saturated heterocycles. The predicted molar refractivity (Wildman–Crippen MR) is 93.2 cm³/mol. The molecule has 3 nitrogen and oxygen atoms in total. The Kier molecular flexibility index (Phi) is 4.83. The van der Waals surface area contributed by atoms with Crippen LogP contribution in [0.3, 0.4) is 0 Å². The summed E-state index contributed by atoms with van der Waals surface area (Å²) in [5, 5.41) is 3.64. The summed E-state index contributed by atoms with van der Waals surface area (Å²) >= 11 is 0. The molecule has 122 valence electrons. The Hall–Kier alpha value is -1.65. The molecule has 0 aliphatic heterocycles. The van der Waals surface area contributed by atoms with Crippen LogP contribution in [0.2, 0.25) is 0 Å². The molecule has 0 unspecified atom stereocenters.